The topological polar surface area (TPSA) is 113 Å². The Morgan fingerprint density at radius 1 is 0.420 bits per heavy atom. The van der Waals surface area contributed by atoms with Gasteiger partial charge in [-0.15, -0.1) is 0 Å². The Morgan fingerprint density at radius 2 is 0.780 bits per heavy atom. The molecule has 0 unspecified atom stereocenters. The SMILES string of the molecule is O=Cc1cccc(-c2c3nc(c(-c4ccncc4)c4ccc([nH]4)c(-c4ccncc4)c4nc(c(-c5ccncc5)c5ccc2[nH]5)C=C4)C=C3)c1. The molecule has 8 nitrogen and oxygen atoms in total. The molecule has 8 heteroatoms. The second-order valence-electron chi connectivity index (χ2n) is 12.0. The summed E-state index contributed by atoms with van der Waals surface area (Å²) in [5.74, 6) is 0. The van der Waals surface area contributed by atoms with Gasteiger partial charge in [-0.25, -0.2) is 9.97 Å². The van der Waals surface area contributed by atoms with Gasteiger partial charge in [-0.1, -0.05) is 18.2 Å². The van der Waals surface area contributed by atoms with Gasteiger partial charge in [0.15, 0.2) is 0 Å². The Bertz CT molecular complexity index is 2620. The second-order valence-corrected chi connectivity index (χ2v) is 12.0. The van der Waals surface area contributed by atoms with Gasteiger partial charge in [-0.3, -0.25) is 19.7 Å². The third kappa shape index (κ3) is 5.12. The largest absolute Gasteiger partial charge is 0.354 e. The molecule has 9 rings (SSSR count). The maximum Gasteiger partial charge on any atom is 0.150 e. The standard InChI is InChI=1S/C42H27N7O/c50-25-26-2-1-3-30(24-26)42-37-10-8-35(48-37)40(28-14-20-44-21-15-28)33-6-4-31(46-33)39(27-12-18-43-19-13-27)32-5-7-34(47-32)41(29-16-22-45-23-17-29)36-9-11-38(42)49-36/h1-25,46,49H. The molecule has 0 saturated carbocycles. The molecular weight excluding hydrogens is 619 g/mol. The molecular formula is C42H27N7O. The predicted molar refractivity (Wildman–Crippen MR) is 199 cm³/mol. The quantitative estimate of drug-likeness (QED) is 0.180. The molecule has 0 radical (unpaired) electrons. The molecule has 0 fully saturated rings. The summed E-state index contributed by atoms with van der Waals surface area (Å²) in [5, 5.41) is 0. The van der Waals surface area contributed by atoms with E-state index in [1.165, 1.54) is 0 Å². The summed E-state index contributed by atoms with van der Waals surface area (Å²) in [6.07, 6.45) is 19.8. The first kappa shape index (κ1) is 29.1. The first-order chi connectivity index (χ1) is 24.7. The molecule has 0 aliphatic carbocycles. The van der Waals surface area contributed by atoms with Crippen LogP contribution in [0.15, 0.2) is 122 Å². The lowest BCUT2D eigenvalue weighted by molar-refractivity contribution is 0.112. The van der Waals surface area contributed by atoms with Crippen molar-refractivity contribution < 1.29 is 4.79 Å². The molecule has 7 aromatic rings. The summed E-state index contributed by atoms with van der Waals surface area (Å²) in [4.78, 5) is 42.8. The van der Waals surface area contributed by atoms with Gasteiger partial charge in [0, 0.05) is 87.1 Å². The molecule has 236 valence electrons. The van der Waals surface area contributed by atoms with Crippen molar-refractivity contribution >= 4 is 52.7 Å². The number of carbonyl (C=O) groups is 1. The number of hydrogen-bond acceptors (Lipinski definition) is 6. The number of aldehydes is 1. The average Bonchev–Trinajstić information content (AvgIpc) is 4.01. The summed E-state index contributed by atoms with van der Waals surface area (Å²) in [7, 11) is 0. The van der Waals surface area contributed by atoms with Gasteiger partial charge in [0.2, 0.25) is 0 Å². The maximum absolute atomic E-state index is 11.9. The van der Waals surface area contributed by atoms with E-state index < -0.39 is 0 Å². The van der Waals surface area contributed by atoms with Crippen molar-refractivity contribution in [1.29, 1.82) is 0 Å². The number of nitrogens with zero attached hydrogens (tertiary/aromatic N) is 5. The second kappa shape index (κ2) is 12.2. The molecule has 50 heavy (non-hydrogen) atoms. The van der Waals surface area contributed by atoms with E-state index in [4.69, 9.17) is 9.97 Å². The van der Waals surface area contributed by atoms with E-state index in [1.54, 1.807) is 43.2 Å². The zero-order chi connectivity index (χ0) is 33.4. The Morgan fingerprint density at radius 3 is 1.14 bits per heavy atom. The van der Waals surface area contributed by atoms with E-state index in [0.717, 1.165) is 95.6 Å². The lowest BCUT2D eigenvalue weighted by atomic mass is 10.0. The Kier molecular flexibility index (Phi) is 7.10. The summed E-state index contributed by atoms with van der Waals surface area (Å²) >= 11 is 0. The molecule has 2 aliphatic heterocycles. The van der Waals surface area contributed by atoms with Gasteiger partial charge < -0.3 is 9.97 Å². The third-order valence-corrected chi connectivity index (χ3v) is 8.97. The Balaban J connectivity index is 1.48. The lowest BCUT2D eigenvalue weighted by Crippen LogP contribution is -1.90. The highest BCUT2D eigenvalue weighted by molar-refractivity contribution is 6.00. The minimum Gasteiger partial charge on any atom is -0.354 e. The van der Waals surface area contributed by atoms with Crippen molar-refractivity contribution in [3.63, 3.8) is 0 Å². The minimum absolute atomic E-state index is 0.586. The van der Waals surface area contributed by atoms with Crippen molar-refractivity contribution in [3.8, 4) is 44.5 Å². The number of aromatic amines is 2. The molecule has 0 spiro atoms. The fourth-order valence-electron chi connectivity index (χ4n) is 6.74. The number of rotatable bonds is 5. The van der Waals surface area contributed by atoms with Crippen LogP contribution < -0.4 is 0 Å². The fraction of sp³-hybridized carbons (Fsp3) is 0. The number of fused-ring (bicyclic) bond motifs is 8. The number of H-pyrrole nitrogens is 2. The number of benzene rings is 1. The van der Waals surface area contributed by atoms with Gasteiger partial charge in [0.05, 0.1) is 22.8 Å². The van der Waals surface area contributed by atoms with Crippen LogP contribution >= 0.6 is 0 Å². The van der Waals surface area contributed by atoms with Crippen LogP contribution in [0.3, 0.4) is 0 Å². The highest BCUT2D eigenvalue weighted by atomic mass is 16.1. The number of hydrogen-bond donors (Lipinski definition) is 2. The van der Waals surface area contributed by atoms with E-state index >= 15 is 0 Å². The van der Waals surface area contributed by atoms with Crippen LogP contribution in [0.2, 0.25) is 0 Å². The number of pyridine rings is 3. The molecule has 0 saturated heterocycles. The van der Waals surface area contributed by atoms with Gasteiger partial charge in [-0.2, -0.15) is 0 Å². The maximum atomic E-state index is 11.9. The first-order valence-corrected chi connectivity index (χ1v) is 16.2. The van der Waals surface area contributed by atoms with E-state index in [2.05, 4.69) is 61.3 Å². The zero-order valence-electron chi connectivity index (χ0n) is 26.6. The first-order valence-electron chi connectivity index (χ1n) is 16.2. The fourth-order valence-corrected chi connectivity index (χ4v) is 6.74. The molecule has 0 atom stereocenters. The normalized spacial score (nSPS) is 11.9. The average molecular weight is 646 g/mol. The monoisotopic (exact) mass is 645 g/mol. The molecule has 8 heterocycles. The van der Waals surface area contributed by atoms with Crippen LogP contribution in [0.25, 0.3) is 90.9 Å². The summed E-state index contributed by atoms with van der Waals surface area (Å²) in [6, 6.07) is 27.9. The molecule has 2 N–H and O–H groups in total. The van der Waals surface area contributed by atoms with Crippen LogP contribution in [-0.2, 0) is 0 Å². The van der Waals surface area contributed by atoms with Crippen LogP contribution in [-0.4, -0.2) is 41.2 Å². The van der Waals surface area contributed by atoms with Crippen LogP contribution in [0.5, 0.6) is 0 Å². The third-order valence-electron chi connectivity index (χ3n) is 8.97. The highest BCUT2D eigenvalue weighted by Gasteiger charge is 2.19. The van der Waals surface area contributed by atoms with Crippen molar-refractivity contribution in [2.75, 3.05) is 0 Å². The highest BCUT2D eigenvalue weighted by Crippen LogP contribution is 2.38. The van der Waals surface area contributed by atoms with E-state index in [0.29, 0.717) is 5.56 Å². The van der Waals surface area contributed by atoms with Crippen molar-refractivity contribution in [2.45, 2.75) is 0 Å². The van der Waals surface area contributed by atoms with Crippen LogP contribution in [0.4, 0.5) is 0 Å². The number of nitrogens with one attached hydrogen (secondary N) is 2. The molecule has 8 bridgehead atoms. The summed E-state index contributed by atoms with van der Waals surface area (Å²) in [5.41, 5.74) is 14.8. The number of aromatic nitrogens is 7. The molecule has 6 aromatic heterocycles. The predicted octanol–water partition coefficient (Wildman–Crippen LogP) is 9.32. The Hall–Kier alpha value is -7.06. The minimum atomic E-state index is 0.586. The molecule has 2 aliphatic rings. The van der Waals surface area contributed by atoms with E-state index in [9.17, 15) is 4.79 Å². The smallest absolute Gasteiger partial charge is 0.150 e. The lowest BCUT2D eigenvalue weighted by Gasteiger charge is -2.07. The van der Waals surface area contributed by atoms with Crippen molar-refractivity contribution in [1.82, 2.24) is 34.9 Å². The van der Waals surface area contributed by atoms with Crippen LogP contribution in [0, 0.1) is 0 Å². The van der Waals surface area contributed by atoms with E-state index in [-0.39, 0.29) is 0 Å². The van der Waals surface area contributed by atoms with Gasteiger partial charge >= 0.3 is 0 Å². The van der Waals surface area contributed by atoms with Crippen LogP contribution in [0.1, 0.15) is 33.1 Å². The van der Waals surface area contributed by atoms with E-state index in [1.807, 2.05) is 66.7 Å². The number of carbonyl (C=O) groups excluding carboxylic acids is 1. The van der Waals surface area contributed by atoms with Gasteiger partial charge in [0.1, 0.15) is 6.29 Å². The molecule has 0 amide bonds. The van der Waals surface area contributed by atoms with Gasteiger partial charge in [0.25, 0.3) is 0 Å². The van der Waals surface area contributed by atoms with Crippen molar-refractivity contribution in [2.24, 2.45) is 0 Å². The zero-order valence-corrected chi connectivity index (χ0v) is 26.6. The van der Waals surface area contributed by atoms with Crippen molar-refractivity contribution in [3.05, 3.63) is 150 Å². The van der Waals surface area contributed by atoms with Gasteiger partial charge in [-0.05, 0) is 113 Å². The summed E-state index contributed by atoms with van der Waals surface area (Å²) in [6.45, 7) is 0. The molecule has 1 aromatic carbocycles. The summed E-state index contributed by atoms with van der Waals surface area (Å²) < 4.78 is 0. The Labute approximate surface area is 286 Å².